The molecule has 0 aromatic carbocycles. The first-order valence-electron chi connectivity index (χ1n) is 6.98. The topological polar surface area (TPSA) is 41.5 Å². The van der Waals surface area contributed by atoms with Crippen LogP contribution in [-0.4, -0.2) is 27.8 Å². The normalized spacial score (nSPS) is 41.5. The van der Waals surface area contributed by atoms with Crippen LogP contribution in [-0.2, 0) is 4.79 Å². The molecule has 0 aromatic heterocycles. The predicted octanol–water partition coefficient (Wildman–Crippen LogP) is 2.56. The minimum Gasteiger partial charge on any atom is -0.362 e. The van der Waals surface area contributed by atoms with E-state index >= 15 is 0 Å². The zero-order valence-corrected chi connectivity index (χ0v) is 11.3. The SMILES string of the molecule is O=C1N=C(NC2CC3C(C2)C3(F)F)SC12CCCC2. The molecule has 0 radical (unpaired) electrons. The summed E-state index contributed by atoms with van der Waals surface area (Å²) in [5, 5.41) is 3.88. The van der Waals surface area contributed by atoms with Gasteiger partial charge in [0.1, 0.15) is 4.75 Å². The molecule has 2 atom stereocenters. The molecule has 1 amide bonds. The number of carbonyl (C=O) groups excluding carboxylic acids is 1. The largest absolute Gasteiger partial charge is 0.362 e. The second kappa shape index (κ2) is 3.71. The van der Waals surface area contributed by atoms with Gasteiger partial charge in [-0.15, -0.1) is 0 Å². The standard InChI is InChI=1S/C13H16F2N2OS/c14-13(15)8-5-7(6-9(8)13)16-11-17-10(18)12(19-11)3-1-2-4-12/h7-9H,1-6H2,(H,16,17,18). The van der Waals surface area contributed by atoms with Crippen LogP contribution in [0.15, 0.2) is 4.99 Å². The number of carbonyl (C=O) groups is 1. The van der Waals surface area contributed by atoms with Crippen molar-refractivity contribution in [3.63, 3.8) is 0 Å². The molecule has 1 aliphatic heterocycles. The summed E-state index contributed by atoms with van der Waals surface area (Å²) in [4.78, 5) is 16.1. The van der Waals surface area contributed by atoms with Gasteiger partial charge in [0.2, 0.25) is 0 Å². The first kappa shape index (κ1) is 12.1. The lowest BCUT2D eigenvalue weighted by Gasteiger charge is -2.20. The molecule has 3 nitrogen and oxygen atoms in total. The van der Waals surface area contributed by atoms with Crippen LogP contribution in [0, 0.1) is 11.8 Å². The fourth-order valence-electron chi connectivity index (χ4n) is 3.87. The molecule has 1 spiro atoms. The molecule has 3 fully saturated rings. The molecular weight excluding hydrogens is 270 g/mol. The number of nitrogens with one attached hydrogen (secondary N) is 1. The Morgan fingerprint density at radius 3 is 2.47 bits per heavy atom. The lowest BCUT2D eigenvalue weighted by molar-refractivity contribution is -0.119. The van der Waals surface area contributed by atoms with Crippen LogP contribution >= 0.6 is 11.8 Å². The van der Waals surface area contributed by atoms with E-state index in [0.717, 1.165) is 25.7 Å². The van der Waals surface area contributed by atoms with Crippen LogP contribution in [0.5, 0.6) is 0 Å². The van der Waals surface area contributed by atoms with Crippen molar-refractivity contribution in [1.82, 2.24) is 5.32 Å². The van der Waals surface area contributed by atoms with Gasteiger partial charge in [-0.2, -0.15) is 4.99 Å². The fraction of sp³-hybridized carbons (Fsp3) is 0.846. The number of nitrogens with zero attached hydrogens (tertiary/aromatic N) is 1. The van der Waals surface area contributed by atoms with Crippen molar-refractivity contribution in [3.05, 3.63) is 0 Å². The maximum absolute atomic E-state index is 13.1. The van der Waals surface area contributed by atoms with Gasteiger partial charge in [-0.1, -0.05) is 24.6 Å². The summed E-state index contributed by atoms with van der Waals surface area (Å²) in [5.74, 6) is -3.32. The lowest BCUT2D eigenvalue weighted by atomic mass is 10.1. The summed E-state index contributed by atoms with van der Waals surface area (Å²) in [7, 11) is 0. The number of alkyl halides is 2. The van der Waals surface area contributed by atoms with Gasteiger partial charge in [-0.3, -0.25) is 4.79 Å². The van der Waals surface area contributed by atoms with Crippen molar-refractivity contribution in [2.75, 3.05) is 0 Å². The highest BCUT2D eigenvalue weighted by molar-refractivity contribution is 8.16. The number of amides is 1. The summed E-state index contributed by atoms with van der Waals surface area (Å²) in [6.45, 7) is 0. The molecule has 19 heavy (non-hydrogen) atoms. The van der Waals surface area contributed by atoms with Crippen molar-refractivity contribution < 1.29 is 13.6 Å². The highest BCUT2D eigenvalue weighted by Gasteiger charge is 2.71. The highest BCUT2D eigenvalue weighted by Crippen LogP contribution is 2.64. The van der Waals surface area contributed by atoms with Gasteiger partial charge < -0.3 is 5.32 Å². The Bertz CT molecular complexity index is 459. The van der Waals surface area contributed by atoms with Crippen LogP contribution in [0.1, 0.15) is 38.5 Å². The Labute approximate surface area is 114 Å². The summed E-state index contributed by atoms with van der Waals surface area (Å²) in [6.07, 6.45) is 5.00. The van der Waals surface area contributed by atoms with Crippen molar-refractivity contribution in [3.8, 4) is 0 Å². The predicted molar refractivity (Wildman–Crippen MR) is 69.3 cm³/mol. The number of fused-ring (bicyclic) bond motifs is 1. The Morgan fingerprint density at radius 1 is 1.21 bits per heavy atom. The van der Waals surface area contributed by atoms with E-state index in [2.05, 4.69) is 10.3 Å². The van der Waals surface area contributed by atoms with Crippen LogP contribution < -0.4 is 5.32 Å². The van der Waals surface area contributed by atoms with E-state index in [0.29, 0.717) is 18.0 Å². The molecular formula is C13H16F2N2OS. The smallest absolute Gasteiger partial charge is 0.264 e. The van der Waals surface area contributed by atoms with E-state index < -0.39 is 17.8 Å². The van der Waals surface area contributed by atoms with E-state index in [1.165, 1.54) is 11.8 Å². The maximum atomic E-state index is 13.1. The highest BCUT2D eigenvalue weighted by atomic mass is 32.2. The number of hydrogen-bond donors (Lipinski definition) is 1. The van der Waals surface area contributed by atoms with Crippen LogP contribution in [0.25, 0.3) is 0 Å². The van der Waals surface area contributed by atoms with Gasteiger partial charge in [0.05, 0.1) is 0 Å². The molecule has 0 aromatic rings. The number of amidine groups is 1. The Balaban J connectivity index is 1.38. The summed E-state index contributed by atoms with van der Waals surface area (Å²) < 4.78 is 25.9. The average Bonchev–Trinajstić information content (AvgIpc) is 2.84. The number of halogens is 2. The molecule has 1 heterocycles. The third-order valence-electron chi connectivity index (χ3n) is 5.07. The third kappa shape index (κ3) is 1.68. The van der Waals surface area contributed by atoms with Gasteiger partial charge in [0, 0.05) is 17.9 Å². The molecule has 2 unspecified atom stereocenters. The second-order valence-corrected chi connectivity index (χ2v) is 7.60. The minimum atomic E-state index is -2.43. The van der Waals surface area contributed by atoms with E-state index in [4.69, 9.17) is 0 Å². The first-order chi connectivity index (χ1) is 9.01. The zero-order valence-electron chi connectivity index (χ0n) is 10.5. The van der Waals surface area contributed by atoms with E-state index in [9.17, 15) is 13.6 Å². The minimum absolute atomic E-state index is 0.0222. The number of rotatable bonds is 1. The second-order valence-electron chi connectivity index (χ2n) is 6.23. The van der Waals surface area contributed by atoms with Crippen molar-refractivity contribution in [2.45, 2.75) is 55.2 Å². The number of aliphatic imine (C=N–C) groups is 1. The zero-order chi connectivity index (χ0) is 13.3. The number of hydrogen-bond acceptors (Lipinski definition) is 3. The van der Waals surface area contributed by atoms with Crippen molar-refractivity contribution >= 4 is 22.8 Å². The first-order valence-corrected chi connectivity index (χ1v) is 7.79. The Hall–Kier alpha value is -0.650. The van der Waals surface area contributed by atoms with Crippen LogP contribution in [0.2, 0.25) is 0 Å². The monoisotopic (exact) mass is 286 g/mol. The molecule has 3 aliphatic carbocycles. The fourth-order valence-corrected chi connectivity index (χ4v) is 5.22. The van der Waals surface area contributed by atoms with E-state index in [1.807, 2.05) is 0 Å². The van der Waals surface area contributed by atoms with E-state index in [1.54, 1.807) is 0 Å². The third-order valence-corrected chi connectivity index (χ3v) is 6.44. The van der Waals surface area contributed by atoms with E-state index in [-0.39, 0.29) is 16.7 Å². The van der Waals surface area contributed by atoms with Gasteiger partial charge in [0.15, 0.2) is 5.17 Å². The molecule has 6 heteroatoms. The van der Waals surface area contributed by atoms with Crippen LogP contribution in [0.4, 0.5) is 8.78 Å². The molecule has 0 bridgehead atoms. The summed E-state index contributed by atoms with van der Waals surface area (Å²) in [5.41, 5.74) is 0. The summed E-state index contributed by atoms with van der Waals surface area (Å²) >= 11 is 1.53. The van der Waals surface area contributed by atoms with Gasteiger partial charge in [-0.05, 0) is 25.7 Å². The quantitative estimate of drug-likeness (QED) is 0.805. The van der Waals surface area contributed by atoms with Gasteiger partial charge in [0.25, 0.3) is 11.8 Å². The lowest BCUT2D eigenvalue weighted by Crippen LogP contribution is -2.34. The molecule has 4 aliphatic rings. The van der Waals surface area contributed by atoms with Crippen LogP contribution in [0.3, 0.4) is 0 Å². The van der Waals surface area contributed by atoms with Gasteiger partial charge in [-0.25, -0.2) is 8.78 Å². The van der Waals surface area contributed by atoms with Gasteiger partial charge >= 0.3 is 0 Å². The summed E-state index contributed by atoms with van der Waals surface area (Å²) in [6, 6.07) is 0.0743. The molecule has 0 saturated heterocycles. The number of thioether (sulfide) groups is 1. The Morgan fingerprint density at radius 2 is 1.84 bits per heavy atom. The molecule has 104 valence electrons. The van der Waals surface area contributed by atoms with Crippen molar-refractivity contribution in [1.29, 1.82) is 0 Å². The molecule has 1 N–H and O–H groups in total. The molecule has 3 saturated carbocycles. The van der Waals surface area contributed by atoms with Crippen molar-refractivity contribution in [2.24, 2.45) is 16.8 Å². The average molecular weight is 286 g/mol. The Kier molecular flexibility index (Phi) is 2.37. The molecule has 4 rings (SSSR count). The maximum Gasteiger partial charge on any atom is 0.264 e.